The minimum Gasteiger partial charge on any atom is -0.480 e. The molecule has 11 heavy (non-hydrogen) atoms. The van der Waals surface area contributed by atoms with E-state index in [1.807, 2.05) is 0 Å². The molecule has 0 atom stereocenters. The van der Waals surface area contributed by atoms with Crippen molar-refractivity contribution in [2.24, 2.45) is 5.73 Å². The summed E-state index contributed by atoms with van der Waals surface area (Å²) in [7, 11) is 0. The molecule has 72 valence electrons. The summed E-state index contributed by atoms with van der Waals surface area (Å²) in [5.41, 5.74) is 4.36. The van der Waals surface area contributed by atoms with Crippen LogP contribution in [0.15, 0.2) is 0 Å². The number of rotatable bonds is 1. The Bertz CT molecular complexity index is 117. The Balaban J connectivity index is -0.0000000612. The van der Waals surface area contributed by atoms with Crippen LogP contribution in [0.4, 0.5) is 0 Å². The van der Waals surface area contributed by atoms with E-state index in [2.05, 4.69) is 0 Å². The van der Waals surface area contributed by atoms with Crippen LogP contribution in [0, 0.1) is 0 Å². The van der Waals surface area contributed by atoms with Crippen molar-refractivity contribution in [2.45, 2.75) is 18.4 Å². The van der Waals surface area contributed by atoms with Gasteiger partial charge in [-0.2, -0.15) is 0 Å². The fourth-order valence-corrected chi connectivity index (χ4v) is 0.349. The van der Waals surface area contributed by atoms with E-state index < -0.39 is 11.5 Å². The van der Waals surface area contributed by atoms with E-state index in [1.54, 1.807) is 0 Å². The molecule has 0 spiro atoms. The first-order chi connectivity index (χ1) is 3.15. The van der Waals surface area contributed by atoms with Gasteiger partial charge in [0.05, 0.1) is 0 Å². The normalized spacial score (nSPS) is 15.4. The third kappa shape index (κ3) is 5.52. The van der Waals surface area contributed by atoms with E-state index in [-0.39, 0.29) is 42.7 Å². The molecular formula is C4H12Cl3NO3. The second-order valence-electron chi connectivity index (χ2n) is 1.96. The summed E-state index contributed by atoms with van der Waals surface area (Å²) < 4.78 is 0. The van der Waals surface area contributed by atoms with Crippen LogP contribution in [0.3, 0.4) is 0 Å². The summed E-state index contributed by atoms with van der Waals surface area (Å²) in [6.45, 7) is 0. The highest BCUT2D eigenvalue weighted by Crippen LogP contribution is 2.31. The smallest absolute Gasteiger partial charge is 0.323 e. The Morgan fingerprint density at radius 1 is 1.27 bits per heavy atom. The number of aliphatic carboxylic acids is 1. The average molecular weight is 229 g/mol. The van der Waals surface area contributed by atoms with Gasteiger partial charge in [-0.05, 0) is 12.8 Å². The molecule has 0 heterocycles. The molecule has 1 rings (SSSR count). The zero-order valence-electron chi connectivity index (χ0n) is 5.57. The first-order valence-electron chi connectivity index (χ1n) is 2.17. The predicted octanol–water partition coefficient (Wildman–Crippen LogP) is 0.00300. The fourth-order valence-electron chi connectivity index (χ4n) is 0.349. The van der Waals surface area contributed by atoms with Gasteiger partial charge in [-0.25, -0.2) is 0 Å². The van der Waals surface area contributed by atoms with Crippen molar-refractivity contribution in [1.29, 1.82) is 0 Å². The summed E-state index contributed by atoms with van der Waals surface area (Å²) in [6.07, 6.45) is 1.28. The highest BCUT2D eigenvalue weighted by molar-refractivity contribution is 5.86. The molecule has 1 fully saturated rings. The maximum atomic E-state index is 9.96. The van der Waals surface area contributed by atoms with Crippen LogP contribution in [0.5, 0.6) is 0 Å². The fraction of sp³-hybridized carbons (Fsp3) is 0.750. The Morgan fingerprint density at radius 3 is 1.55 bits per heavy atom. The number of hydrogen-bond acceptors (Lipinski definition) is 2. The van der Waals surface area contributed by atoms with Crippen LogP contribution < -0.4 is 5.73 Å². The van der Waals surface area contributed by atoms with E-state index in [0.29, 0.717) is 12.8 Å². The number of carbonyl (C=O) groups is 1. The minimum absolute atomic E-state index is 0. The van der Waals surface area contributed by atoms with Gasteiger partial charge in [-0.1, -0.05) is 0 Å². The average Bonchev–Trinajstić information content (AvgIpc) is 2.21. The van der Waals surface area contributed by atoms with Gasteiger partial charge in [0, 0.05) is 0 Å². The largest absolute Gasteiger partial charge is 0.480 e. The molecule has 0 bridgehead atoms. The van der Waals surface area contributed by atoms with Crippen LogP contribution in [-0.2, 0) is 4.79 Å². The van der Waals surface area contributed by atoms with Crippen molar-refractivity contribution < 1.29 is 15.4 Å². The maximum absolute atomic E-state index is 9.96. The highest BCUT2D eigenvalue weighted by Gasteiger charge is 2.46. The van der Waals surface area contributed by atoms with Gasteiger partial charge in [-0.15, -0.1) is 37.2 Å². The molecule has 1 aliphatic carbocycles. The van der Waals surface area contributed by atoms with Gasteiger partial charge in [0.15, 0.2) is 0 Å². The minimum atomic E-state index is -0.868. The first kappa shape index (κ1) is 22.5. The number of nitrogens with two attached hydrogens (primary N) is 1. The van der Waals surface area contributed by atoms with E-state index in [1.165, 1.54) is 0 Å². The van der Waals surface area contributed by atoms with Crippen LogP contribution in [0.25, 0.3) is 0 Å². The summed E-state index contributed by atoms with van der Waals surface area (Å²) >= 11 is 0. The van der Waals surface area contributed by atoms with Gasteiger partial charge in [0.2, 0.25) is 0 Å². The third-order valence-electron chi connectivity index (χ3n) is 1.21. The van der Waals surface area contributed by atoms with Crippen molar-refractivity contribution in [3.63, 3.8) is 0 Å². The van der Waals surface area contributed by atoms with Crippen LogP contribution in [0.1, 0.15) is 12.8 Å². The molecule has 0 aromatic heterocycles. The Hall–Kier alpha value is 0.260. The van der Waals surface area contributed by atoms with Gasteiger partial charge < -0.3 is 16.3 Å². The molecule has 0 radical (unpaired) electrons. The van der Waals surface area contributed by atoms with Crippen molar-refractivity contribution in [3.05, 3.63) is 0 Å². The monoisotopic (exact) mass is 227 g/mol. The summed E-state index contributed by atoms with van der Waals surface area (Å²) in [5, 5.41) is 8.19. The molecule has 5 N–H and O–H groups in total. The number of hydrogen-bond donors (Lipinski definition) is 2. The van der Waals surface area contributed by atoms with E-state index >= 15 is 0 Å². The molecule has 0 aromatic carbocycles. The van der Waals surface area contributed by atoms with Crippen molar-refractivity contribution >= 4 is 43.2 Å². The van der Waals surface area contributed by atoms with Crippen molar-refractivity contribution in [3.8, 4) is 0 Å². The SMILES string of the molecule is Cl.Cl.Cl.NC1(C(=O)O)CC1.O. The van der Waals surface area contributed by atoms with Gasteiger partial charge in [0.25, 0.3) is 0 Å². The van der Waals surface area contributed by atoms with Crippen LogP contribution in [0.2, 0.25) is 0 Å². The number of halogens is 3. The lowest BCUT2D eigenvalue weighted by Crippen LogP contribution is -2.31. The molecular weight excluding hydrogens is 216 g/mol. The lowest BCUT2D eigenvalue weighted by molar-refractivity contribution is -0.139. The summed E-state index contributed by atoms with van der Waals surface area (Å²) in [6, 6.07) is 0. The molecule has 1 aliphatic rings. The number of carboxylic acid groups (broad SMARTS) is 1. The second-order valence-corrected chi connectivity index (χ2v) is 1.96. The highest BCUT2D eigenvalue weighted by atomic mass is 35.5. The maximum Gasteiger partial charge on any atom is 0.323 e. The van der Waals surface area contributed by atoms with Crippen molar-refractivity contribution in [2.75, 3.05) is 0 Å². The lowest BCUT2D eigenvalue weighted by atomic mass is 10.3. The predicted molar refractivity (Wildman–Crippen MR) is 49.1 cm³/mol. The molecule has 0 unspecified atom stereocenters. The van der Waals surface area contributed by atoms with E-state index in [0.717, 1.165) is 0 Å². The molecule has 0 aliphatic heterocycles. The summed E-state index contributed by atoms with van der Waals surface area (Å²) in [4.78, 5) is 9.96. The standard InChI is InChI=1S/C4H7NO2.3ClH.H2O/c5-4(1-2-4)3(6)7;;;;/h1-2,5H2,(H,6,7);3*1H;1H2. The zero-order valence-corrected chi connectivity index (χ0v) is 8.02. The van der Waals surface area contributed by atoms with Crippen LogP contribution >= 0.6 is 37.2 Å². The Morgan fingerprint density at radius 2 is 1.55 bits per heavy atom. The topological polar surface area (TPSA) is 94.8 Å². The molecule has 4 nitrogen and oxygen atoms in total. The zero-order chi connectivity index (χ0) is 5.49. The molecule has 0 saturated heterocycles. The molecule has 1 saturated carbocycles. The van der Waals surface area contributed by atoms with E-state index in [9.17, 15) is 4.79 Å². The summed E-state index contributed by atoms with van der Waals surface area (Å²) in [5.74, 6) is -0.868. The number of carboxylic acids is 1. The second kappa shape index (κ2) is 6.94. The Labute approximate surface area is 83.1 Å². The van der Waals surface area contributed by atoms with Gasteiger partial charge in [0.1, 0.15) is 5.54 Å². The van der Waals surface area contributed by atoms with Crippen molar-refractivity contribution in [1.82, 2.24) is 0 Å². The molecule has 0 aromatic rings. The first-order valence-corrected chi connectivity index (χ1v) is 2.17. The molecule has 7 heteroatoms. The van der Waals surface area contributed by atoms with Crippen LogP contribution in [-0.4, -0.2) is 22.1 Å². The van der Waals surface area contributed by atoms with E-state index in [4.69, 9.17) is 10.8 Å². The molecule has 0 amide bonds. The Kier molecular flexibility index (Phi) is 14.2. The van der Waals surface area contributed by atoms with Gasteiger partial charge in [-0.3, -0.25) is 4.79 Å². The third-order valence-corrected chi connectivity index (χ3v) is 1.21. The van der Waals surface area contributed by atoms with Gasteiger partial charge >= 0.3 is 5.97 Å². The quantitative estimate of drug-likeness (QED) is 0.661. The lowest BCUT2D eigenvalue weighted by Gasteiger charge is -1.95.